The predicted molar refractivity (Wildman–Crippen MR) is 59.9 cm³/mol. The molecule has 76 valence electrons. The molecule has 0 heterocycles. The van der Waals surface area contributed by atoms with Crippen LogP contribution in [0.1, 0.15) is 10.4 Å². The molecule has 6 heteroatoms. The molecule has 0 aromatic heterocycles. The van der Waals surface area contributed by atoms with Crippen molar-refractivity contribution in [3.8, 4) is 0 Å². The van der Waals surface area contributed by atoms with E-state index in [0.717, 1.165) is 6.07 Å². The summed E-state index contributed by atoms with van der Waals surface area (Å²) in [6.07, 6.45) is 0. The van der Waals surface area contributed by atoms with Gasteiger partial charge in [0.05, 0.1) is 15.4 Å². The van der Waals surface area contributed by atoms with E-state index in [0.29, 0.717) is 0 Å². The third-order valence-electron chi connectivity index (χ3n) is 1.51. The van der Waals surface area contributed by atoms with Gasteiger partial charge in [0.1, 0.15) is 5.82 Å². The van der Waals surface area contributed by atoms with E-state index in [1.165, 1.54) is 0 Å². The van der Waals surface area contributed by atoms with E-state index in [2.05, 4.69) is 47.8 Å². The number of hydrogen-bond donors (Lipinski definition) is 0. The smallest absolute Gasteiger partial charge is 0.179 e. The van der Waals surface area contributed by atoms with E-state index in [4.69, 9.17) is 0 Å². The monoisotopic (exact) mass is 390 g/mol. The van der Waals surface area contributed by atoms with Crippen molar-refractivity contribution in [1.82, 2.24) is 0 Å². The van der Waals surface area contributed by atoms with Crippen molar-refractivity contribution < 1.29 is 13.6 Å². The van der Waals surface area contributed by atoms with E-state index in [9.17, 15) is 13.6 Å². The van der Waals surface area contributed by atoms with E-state index in [1.54, 1.807) is 0 Å². The van der Waals surface area contributed by atoms with Crippen molar-refractivity contribution in [2.45, 2.75) is 0 Å². The van der Waals surface area contributed by atoms with E-state index < -0.39 is 23.0 Å². The van der Waals surface area contributed by atoms with Gasteiger partial charge in [-0.05, 0) is 37.9 Å². The molecule has 0 amide bonds. The minimum absolute atomic E-state index is 0.0446. The highest BCUT2D eigenvalue weighted by Crippen LogP contribution is 2.30. The van der Waals surface area contributed by atoms with Crippen LogP contribution in [0, 0.1) is 11.6 Å². The van der Waals surface area contributed by atoms with Gasteiger partial charge >= 0.3 is 0 Å². The van der Waals surface area contributed by atoms with Gasteiger partial charge in [-0.3, -0.25) is 4.79 Å². The van der Waals surface area contributed by atoms with Crippen LogP contribution in [-0.2, 0) is 0 Å². The van der Waals surface area contributed by atoms with Crippen molar-refractivity contribution >= 4 is 53.6 Å². The van der Waals surface area contributed by atoms with Gasteiger partial charge in [0, 0.05) is 4.47 Å². The van der Waals surface area contributed by atoms with Crippen molar-refractivity contribution in [2.24, 2.45) is 0 Å². The van der Waals surface area contributed by atoms with Crippen LogP contribution < -0.4 is 0 Å². The molecule has 1 aromatic rings. The fourth-order valence-electron chi connectivity index (χ4n) is 0.889. The fourth-order valence-corrected chi connectivity index (χ4v) is 1.86. The first-order valence-electron chi connectivity index (χ1n) is 3.41. The van der Waals surface area contributed by atoms with Crippen LogP contribution in [0.15, 0.2) is 15.0 Å². The molecule has 1 rings (SSSR count). The highest BCUT2D eigenvalue weighted by atomic mass is 79.9. The highest BCUT2D eigenvalue weighted by Gasteiger charge is 2.20. The molecule has 0 aliphatic rings. The second-order valence-electron chi connectivity index (χ2n) is 2.40. The molecule has 0 radical (unpaired) electrons. The number of halogens is 5. The van der Waals surface area contributed by atoms with Crippen LogP contribution >= 0.6 is 47.8 Å². The number of benzene rings is 1. The van der Waals surface area contributed by atoms with Crippen LogP contribution in [0.25, 0.3) is 0 Å². The molecule has 1 aromatic carbocycles. The van der Waals surface area contributed by atoms with Crippen LogP contribution in [0.5, 0.6) is 0 Å². The lowest BCUT2D eigenvalue weighted by Crippen LogP contribution is -2.07. The van der Waals surface area contributed by atoms with E-state index in [-0.39, 0.29) is 14.3 Å². The lowest BCUT2D eigenvalue weighted by atomic mass is 10.1. The summed E-state index contributed by atoms with van der Waals surface area (Å²) in [4.78, 5) is 11.2. The van der Waals surface area contributed by atoms with Gasteiger partial charge in [-0.25, -0.2) is 8.78 Å². The molecule has 0 spiro atoms. The number of carbonyl (C=O) groups is 1. The molecule has 0 aliphatic heterocycles. The third kappa shape index (κ3) is 2.23. The molecule has 14 heavy (non-hydrogen) atoms. The van der Waals surface area contributed by atoms with Crippen LogP contribution in [0.2, 0.25) is 0 Å². The van der Waals surface area contributed by atoms with Crippen LogP contribution in [0.3, 0.4) is 0 Å². The number of Topliss-reactive ketones (excluding diaryl/α,β-unsaturated/α-hetero) is 1. The number of alkyl halides is 1. The molecule has 0 fully saturated rings. The molecule has 0 N–H and O–H groups in total. The summed E-state index contributed by atoms with van der Waals surface area (Å²) >= 11 is 8.71. The maximum atomic E-state index is 13.4. The van der Waals surface area contributed by atoms with Gasteiger partial charge in [-0.15, -0.1) is 0 Å². The Kier molecular flexibility index (Phi) is 4.21. The quantitative estimate of drug-likeness (QED) is 0.321. The molecular weight excluding hydrogens is 390 g/mol. The Morgan fingerprint density at radius 2 is 1.93 bits per heavy atom. The van der Waals surface area contributed by atoms with Gasteiger partial charge in [-0.1, -0.05) is 15.9 Å². The van der Waals surface area contributed by atoms with Crippen molar-refractivity contribution in [1.29, 1.82) is 0 Å². The predicted octanol–water partition coefficient (Wildman–Crippen LogP) is 4.07. The summed E-state index contributed by atoms with van der Waals surface area (Å²) < 4.78 is 26.9. The van der Waals surface area contributed by atoms with Gasteiger partial charge in [0.15, 0.2) is 11.6 Å². The molecule has 0 unspecified atom stereocenters. The molecule has 0 saturated carbocycles. The van der Waals surface area contributed by atoms with Crippen molar-refractivity contribution in [2.75, 3.05) is 5.33 Å². The zero-order valence-corrected chi connectivity index (χ0v) is 11.3. The van der Waals surface area contributed by atoms with Crippen LogP contribution in [0.4, 0.5) is 8.78 Å². The van der Waals surface area contributed by atoms with Crippen molar-refractivity contribution in [3.05, 3.63) is 32.2 Å². The van der Waals surface area contributed by atoms with E-state index in [1.807, 2.05) is 0 Å². The number of rotatable bonds is 2. The summed E-state index contributed by atoms with van der Waals surface area (Å²) in [6, 6.07) is 1.04. The van der Waals surface area contributed by atoms with Crippen LogP contribution in [-0.4, -0.2) is 11.1 Å². The molecular formula is C8H3Br3F2O. The zero-order valence-electron chi connectivity index (χ0n) is 6.58. The first kappa shape index (κ1) is 12.3. The largest absolute Gasteiger partial charge is 0.293 e. The Morgan fingerprint density at radius 1 is 1.36 bits per heavy atom. The average molecular weight is 393 g/mol. The summed E-state index contributed by atoms with van der Waals surface area (Å²) in [5.74, 6) is -2.39. The third-order valence-corrected chi connectivity index (χ3v) is 3.96. The summed E-state index contributed by atoms with van der Waals surface area (Å²) in [6.45, 7) is 0. The summed E-state index contributed by atoms with van der Waals surface area (Å²) in [5.41, 5.74) is -0.531. The first-order chi connectivity index (χ1) is 6.49. The maximum absolute atomic E-state index is 13.4. The molecule has 0 aliphatic carbocycles. The highest BCUT2D eigenvalue weighted by molar-refractivity contribution is 9.13. The number of ketones is 1. The Bertz CT molecular complexity index is 393. The van der Waals surface area contributed by atoms with E-state index >= 15 is 0 Å². The Balaban J connectivity index is 3.44. The minimum atomic E-state index is -0.888. The first-order valence-corrected chi connectivity index (χ1v) is 6.12. The van der Waals surface area contributed by atoms with Crippen molar-refractivity contribution in [3.63, 3.8) is 0 Å². The topological polar surface area (TPSA) is 17.1 Å². The number of carbonyl (C=O) groups excluding carboxylic acids is 1. The standard InChI is InChI=1S/C8H3Br3F2O/c9-2-5(14)6-4(12)1-3(10)7(11)8(6)13/h1H,2H2. The van der Waals surface area contributed by atoms with Gasteiger partial charge in [0.25, 0.3) is 0 Å². The average Bonchev–Trinajstić information content (AvgIpc) is 2.14. The lowest BCUT2D eigenvalue weighted by Gasteiger charge is -2.05. The normalized spacial score (nSPS) is 10.4. The fraction of sp³-hybridized carbons (Fsp3) is 0.125. The second kappa shape index (κ2) is 4.81. The maximum Gasteiger partial charge on any atom is 0.179 e. The zero-order chi connectivity index (χ0) is 10.9. The molecule has 0 bridgehead atoms. The van der Waals surface area contributed by atoms with Gasteiger partial charge < -0.3 is 0 Å². The Morgan fingerprint density at radius 3 is 2.43 bits per heavy atom. The van der Waals surface area contributed by atoms with Gasteiger partial charge in [-0.2, -0.15) is 0 Å². The van der Waals surface area contributed by atoms with Gasteiger partial charge in [0.2, 0.25) is 0 Å². The SMILES string of the molecule is O=C(CBr)c1c(F)cc(Br)c(Br)c1F. The molecule has 1 nitrogen and oxygen atoms in total. The minimum Gasteiger partial charge on any atom is -0.293 e. The Labute approximate surface area is 104 Å². The lowest BCUT2D eigenvalue weighted by molar-refractivity contribution is 0.101. The second-order valence-corrected chi connectivity index (χ2v) is 4.61. The summed E-state index contributed by atoms with van der Waals surface area (Å²) in [5, 5.41) is -0.116. The number of hydrogen-bond acceptors (Lipinski definition) is 1. The Hall–Kier alpha value is 0.190. The molecule has 0 atom stereocenters. The molecule has 0 saturated heterocycles. The summed E-state index contributed by atoms with van der Waals surface area (Å²) in [7, 11) is 0.